The molecule has 2 aromatic rings. The molecule has 0 radical (unpaired) electrons. The van der Waals surface area contributed by atoms with Crippen LogP contribution in [0.15, 0.2) is 42.5 Å². The maximum absolute atomic E-state index is 12.9. The Kier molecular flexibility index (Phi) is 4.49. The van der Waals surface area contributed by atoms with Crippen molar-refractivity contribution in [1.29, 1.82) is 0 Å². The van der Waals surface area contributed by atoms with Crippen molar-refractivity contribution in [3.63, 3.8) is 0 Å². The fraction of sp³-hybridized carbons (Fsp3) is 0.300. The van der Waals surface area contributed by atoms with E-state index in [0.29, 0.717) is 12.3 Å². The average molecular weight is 339 g/mol. The lowest BCUT2D eigenvalue weighted by atomic mass is 10.0. The molecule has 0 spiro atoms. The minimum Gasteiger partial charge on any atom is -0.478 e. The summed E-state index contributed by atoms with van der Waals surface area (Å²) in [7, 11) is 0. The molecule has 1 unspecified atom stereocenters. The largest absolute Gasteiger partial charge is 0.478 e. The summed E-state index contributed by atoms with van der Waals surface area (Å²) in [6.45, 7) is 6.27. The third-order valence-corrected chi connectivity index (χ3v) is 4.32. The number of amides is 1. The first-order chi connectivity index (χ1) is 11.9. The fourth-order valence-electron chi connectivity index (χ4n) is 2.92. The zero-order chi connectivity index (χ0) is 18.1. The maximum Gasteiger partial charge on any atom is 0.335 e. The smallest absolute Gasteiger partial charge is 0.335 e. The first kappa shape index (κ1) is 17.0. The van der Waals surface area contributed by atoms with Gasteiger partial charge in [0.2, 0.25) is 0 Å². The Bertz CT molecular complexity index is 811. The molecule has 1 amide bonds. The topological polar surface area (TPSA) is 66.8 Å². The summed E-state index contributed by atoms with van der Waals surface area (Å²) >= 11 is 0. The van der Waals surface area contributed by atoms with E-state index in [1.54, 1.807) is 29.2 Å². The van der Waals surface area contributed by atoms with Crippen LogP contribution in [0.4, 0.5) is 5.69 Å². The van der Waals surface area contributed by atoms with E-state index in [1.807, 2.05) is 39.0 Å². The molecule has 0 saturated heterocycles. The number of aryl methyl sites for hydroxylation is 1. The van der Waals surface area contributed by atoms with E-state index >= 15 is 0 Å². The Labute approximate surface area is 146 Å². The molecule has 1 heterocycles. The molecule has 0 bridgehead atoms. The molecule has 0 aromatic heterocycles. The molecule has 130 valence electrons. The summed E-state index contributed by atoms with van der Waals surface area (Å²) < 4.78 is 5.91. The Hall–Kier alpha value is -2.82. The number of anilines is 1. The normalized spacial score (nSPS) is 16.6. The number of rotatable bonds is 4. The van der Waals surface area contributed by atoms with Crippen LogP contribution in [0.2, 0.25) is 0 Å². The second kappa shape index (κ2) is 6.59. The average Bonchev–Trinajstić information content (AvgIpc) is 2.57. The van der Waals surface area contributed by atoms with Crippen molar-refractivity contribution >= 4 is 17.6 Å². The van der Waals surface area contributed by atoms with Crippen LogP contribution in [0, 0.1) is 12.8 Å². The number of carbonyl (C=O) groups excluding carboxylic acids is 1. The van der Waals surface area contributed by atoms with Crippen LogP contribution in [0.3, 0.4) is 0 Å². The molecular formula is C20H21NO4. The highest BCUT2D eigenvalue weighted by Crippen LogP contribution is 2.37. The van der Waals surface area contributed by atoms with E-state index in [9.17, 15) is 9.59 Å². The van der Waals surface area contributed by atoms with Gasteiger partial charge < -0.3 is 14.7 Å². The quantitative estimate of drug-likeness (QED) is 0.923. The summed E-state index contributed by atoms with van der Waals surface area (Å²) in [5.41, 5.74) is 2.90. The molecule has 0 saturated carbocycles. The molecule has 0 fully saturated rings. The molecular weight excluding hydrogens is 318 g/mol. The van der Waals surface area contributed by atoms with Gasteiger partial charge in [0.1, 0.15) is 5.75 Å². The monoisotopic (exact) mass is 339 g/mol. The number of hydrogen-bond donors (Lipinski definition) is 1. The SMILES string of the molecule is Cc1ccc2c(c1)N(Cc1ccc(C(=O)O)cc1)C(=O)C(C(C)C)O2. The number of fused-ring (bicyclic) bond motifs is 1. The Morgan fingerprint density at radius 1 is 1.20 bits per heavy atom. The summed E-state index contributed by atoms with van der Waals surface area (Å²) in [5, 5.41) is 9.01. The van der Waals surface area contributed by atoms with Gasteiger partial charge in [-0.1, -0.05) is 32.0 Å². The molecule has 2 aromatic carbocycles. The number of carboxylic acids is 1. The summed E-state index contributed by atoms with van der Waals surface area (Å²) in [4.78, 5) is 25.6. The van der Waals surface area contributed by atoms with Gasteiger partial charge in [-0.05, 0) is 48.2 Å². The van der Waals surface area contributed by atoms with Crippen LogP contribution in [-0.4, -0.2) is 23.1 Å². The fourth-order valence-corrected chi connectivity index (χ4v) is 2.92. The van der Waals surface area contributed by atoms with Crippen LogP contribution in [0.25, 0.3) is 0 Å². The van der Waals surface area contributed by atoms with Gasteiger partial charge in [0.25, 0.3) is 5.91 Å². The van der Waals surface area contributed by atoms with Crippen molar-refractivity contribution in [2.75, 3.05) is 4.90 Å². The molecule has 25 heavy (non-hydrogen) atoms. The number of ether oxygens (including phenoxy) is 1. The van der Waals surface area contributed by atoms with Crippen molar-refractivity contribution in [2.45, 2.75) is 33.4 Å². The van der Waals surface area contributed by atoms with Gasteiger partial charge >= 0.3 is 5.97 Å². The Morgan fingerprint density at radius 3 is 2.48 bits per heavy atom. The van der Waals surface area contributed by atoms with E-state index in [4.69, 9.17) is 9.84 Å². The third-order valence-electron chi connectivity index (χ3n) is 4.32. The highest BCUT2D eigenvalue weighted by Gasteiger charge is 2.36. The second-order valence-corrected chi connectivity index (χ2v) is 6.68. The van der Waals surface area contributed by atoms with E-state index in [0.717, 1.165) is 16.8 Å². The number of nitrogens with zero attached hydrogens (tertiary/aromatic N) is 1. The number of carboxylic acid groups (broad SMARTS) is 1. The third kappa shape index (κ3) is 3.36. The van der Waals surface area contributed by atoms with Crippen LogP contribution in [-0.2, 0) is 11.3 Å². The minimum atomic E-state index is -0.963. The molecule has 5 heteroatoms. The highest BCUT2D eigenvalue weighted by molar-refractivity contribution is 6.00. The standard InChI is InChI=1S/C20H21NO4/c1-12(2)18-19(22)21(16-10-13(3)4-9-17(16)25-18)11-14-5-7-15(8-6-14)20(23)24/h4-10,12,18H,11H2,1-3H3,(H,23,24). The molecule has 1 atom stereocenters. The summed E-state index contributed by atoms with van der Waals surface area (Å²) in [5.74, 6) is -0.282. The van der Waals surface area contributed by atoms with Gasteiger partial charge in [0, 0.05) is 0 Å². The minimum absolute atomic E-state index is 0.0545. The van der Waals surface area contributed by atoms with Gasteiger partial charge in [0.05, 0.1) is 17.8 Å². The molecule has 1 N–H and O–H groups in total. The zero-order valence-corrected chi connectivity index (χ0v) is 14.5. The number of hydrogen-bond acceptors (Lipinski definition) is 3. The first-order valence-electron chi connectivity index (χ1n) is 8.27. The zero-order valence-electron chi connectivity index (χ0n) is 14.5. The van der Waals surface area contributed by atoms with E-state index in [2.05, 4.69) is 0 Å². The number of aromatic carboxylic acids is 1. The lowest BCUT2D eigenvalue weighted by molar-refractivity contribution is -0.128. The lowest BCUT2D eigenvalue weighted by Gasteiger charge is -2.36. The first-order valence-corrected chi connectivity index (χ1v) is 8.27. The Balaban J connectivity index is 1.96. The molecule has 1 aliphatic rings. The van der Waals surface area contributed by atoms with Crippen LogP contribution < -0.4 is 9.64 Å². The van der Waals surface area contributed by atoms with Crippen molar-refractivity contribution in [3.8, 4) is 5.75 Å². The molecule has 3 rings (SSSR count). The van der Waals surface area contributed by atoms with Gasteiger partial charge in [-0.3, -0.25) is 4.79 Å². The van der Waals surface area contributed by atoms with E-state index < -0.39 is 12.1 Å². The van der Waals surface area contributed by atoms with Crippen LogP contribution >= 0.6 is 0 Å². The van der Waals surface area contributed by atoms with Crippen molar-refractivity contribution < 1.29 is 19.4 Å². The Morgan fingerprint density at radius 2 is 1.88 bits per heavy atom. The van der Waals surface area contributed by atoms with Gasteiger partial charge in [-0.25, -0.2) is 4.79 Å². The number of carbonyl (C=O) groups is 2. The summed E-state index contributed by atoms with van der Waals surface area (Å²) in [6.07, 6.45) is -0.520. The van der Waals surface area contributed by atoms with Crippen molar-refractivity contribution in [2.24, 2.45) is 5.92 Å². The molecule has 1 aliphatic heterocycles. The predicted molar refractivity (Wildman–Crippen MR) is 95.0 cm³/mol. The van der Waals surface area contributed by atoms with E-state index in [-0.39, 0.29) is 17.4 Å². The summed E-state index contributed by atoms with van der Waals surface area (Å²) in [6, 6.07) is 12.4. The maximum atomic E-state index is 12.9. The lowest BCUT2D eigenvalue weighted by Crippen LogP contribution is -2.48. The van der Waals surface area contributed by atoms with Crippen molar-refractivity contribution in [1.82, 2.24) is 0 Å². The predicted octanol–water partition coefficient (Wildman–Crippen LogP) is 3.64. The molecule has 0 aliphatic carbocycles. The van der Waals surface area contributed by atoms with Crippen LogP contribution in [0.1, 0.15) is 35.3 Å². The van der Waals surface area contributed by atoms with Crippen LogP contribution in [0.5, 0.6) is 5.75 Å². The van der Waals surface area contributed by atoms with Crippen molar-refractivity contribution in [3.05, 3.63) is 59.2 Å². The highest BCUT2D eigenvalue weighted by atomic mass is 16.5. The van der Waals surface area contributed by atoms with Gasteiger partial charge in [-0.2, -0.15) is 0 Å². The van der Waals surface area contributed by atoms with Gasteiger partial charge in [0.15, 0.2) is 6.10 Å². The van der Waals surface area contributed by atoms with Gasteiger partial charge in [-0.15, -0.1) is 0 Å². The van der Waals surface area contributed by atoms with E-state index in [1.165, 1.54) is 0 Å². The second-order valence-electron chi connectivity index (χ2n) is 6.68. The number of benzene rings is 2. The molecule has 5 nitrogen and oxygen atoms in total.